The van der Waals surface area contributed by atoms with Crippen molar-refractivity contribution in [3.05, 3.63) is 96.6 Å². The largest absolute Gasteiger partial charge is 0.493 e. The van der Waals surface area contributed by atoms with Crippen LogP contribution in [0.5, 0.6) is 23.0 Å². The summed E-state index contributed by atoms with van der Waals surface area (Å²) in [4.78, 5) is 36.4. The van der Waals surface area contributed by atoms with Crippen molar-refractivity contribution in [1.29, 1.82) is 0 Å². The van der Waals surface area contributed by atoms with Crippen LogP contribution in [0.1, 0.15) is 32.8 Å². The van der Waals surface area contributed by atoms with Crippen LogP contribution in [-0.4, -0.2) is 25.0 Å². The first-order valence-electron chi connectivity index (χ1n) is 12.2. The number of methoxy groups -OCH3 is 1. The Morgan fingerprint density at radius 2 is 1.02 bits per heavy atom. The van der Waals surface area contributed by atoms with Crippen LogP contribution < -0.4 is 18.9 Å². The predicted octanol–water partition coefficient (Wildman–Crippen LogP) is 7.41. The molecule has 0 aliphatic heterocycles. The second-order valence-corrected chi connectivity index (χ2v) is 9.14. The maximum Gasteiger partial charge on any atom is 0.338 e. The van der Waals surface area contributed by atoms with Crippen LogP contribution in [0.2, 0.25) is 0 Å². The fraction of sp³-hybridized carbons (Fsp3) is 0.156. The number of halogens is 2. The van der Waals surface area contributed by atoms with Gasteiger partial charge in [0.05, 0.1) is 7.11 Å². The zero-order valence-corrected chi connectivity index (χ0v) is 23.0. The van der Waals surface area contributed by atoms with Gasteiger partial charge < -0.3 is 18.9 Å². The van der Waals surface area contributed by atoms with Crippen LogP contribution in [0.3, 0.4) is 0 Å². The quantitative estimate of drug-likeness (QED) is 0.144. The minimum Gasteiger partial charge on any atom is -0.493 e. The zero-order chi connectivity index (χ0) is 30.4. The number of esters is 3. The Hall–Kier alpha value is -5.05. The molecule has 0 unspecified atom stereocenters. The molecule has 7 nitrogen and oxygen atoms in total. The summed E-state index contributed by atoms with van der Waals surface area (Å²) in [5, 5.41) is 0. The van der Waals surface area contributed by atoms with E-state index < -0.39 is 24.3 Å². The number of ether oxygens (including phenoxy) is 4. The summed E-state index contributed by atoms with van der Waals surface area (Å²) in [5.41, 5.74) is 1.38. The van der Waals surface area contributed by atoms with Crippen molar-refractivity contribution >= 4 is 17.9 Å². The minimum absolute atomic E-state index is 0.0815. The summed E-state index contributed by atoms with van der Waals surface area (Å²) in [6, 6.07) is 13.2. The maximum atomic E-state index is 14.3. The minimum atomic E-state index is -2.88. The van der Waals surface area contributed by atoms with E-state index in [0.717, 1.165) is 0 Å². The van der Waals surface area contributed by atoms with E-state index in [9.17, 15) is 23.2 Å². The third kappa shape index (κ3) is 7.33. The fourth-order valence-electron chi connectivity index (χ4n) is 3.52. The molecule has 41 heavy (non-hydrogen) atoms. The number of carbonyl (C=O) groups is 3. The lowest BCUT2D eigenvalue weighted by Crippen LogP contribution is -2.13. The summed E-state index contributed by atoms with van der Waals surface area (Å²) in [7, 11) is 1.41. The van der Waals surface area contributed by atoms with Crippen LogP contribution >= 0.6 is 0 Å². The van der Waals surface area contributed by atoms with Crippen molar-refractivity contribution in [3.8, 4) is 45.3 Å². The van der Waals surface area contributed by atoms with E-state index in [1.54, 1.807) is 18.2 Å². The predicted molar refractivity (Wildman–Crippen MR) is 150 cm³/mol. The standard InChI is InChI=1S/C32H28F2O7/c1-17(2)30(35)39-26-13-10-22(16-28(26)41-32(37)19(5)6)23-11-8-20(14-24(23)29(33)34)21-9-12-25(38-7)27(15-21)40-31(36)18(3)4/h8-16,29H,1,3,5H2,2,4,6-7H3. The molecular weight excluding hydrogens is 534 g/mol. The second kappa shape index (κ2) is 12.9. The molecule has 0 heterocycles. The Morgan fingerprint density at radius 3 is 1.54 bits per heavy atom. The van der Waals surface area contributed by atoms with Crippen molar-refractivity contribution in [2.75, 3.05) is 7.11 Å². The number of carbonyl (C=O) groups excluding carboxylic acids is 3. The highest BCUT2D eigenvalue weighted by Crippen LogP contribution is 2.40. The van der Waals surface area contributed by atoms with Crippen molar-refractivity contribution in [3.63, 3.8) is 0 Å². The molecule has 3 aromatic carbocycles. The van der Waals surface area contributed by atoms with Gasteiger partial charge in [-0.15, -0.1) is 0 Å². The monoisotopic (exact) mass is 562 g/mol. The highest BCUT2D eigenvalue weighted by atomic mass is 19.3. The molecule has 0 aliphatic carbocycles. The van der Waals surface area contributed by atoms with Gasteiger partial charge in [-0.25, -0.2) is 23.2 Å². The van der Waals surface area contributed by atoms with Crippen molar-refractivity contribution in [1.82, 2.24) is 0 Å². The van der Waals surface area contributed by atoms with Gasteiger partial charge in [0.1, 0.15) is 0 Å². The zero-order valence-electron chi connectivity index (χ0n) is 23.0. The Labute approximate surface area is 236 Å². The lowest BCUT2D eigenvalue weighted by molar-refractivity contribution is -0.132. The van der Waals surface area contributed by atoms with Crippen LogP contribution in [0.4, 0.5) is 8.78 Å². The van der Waals surface area contributed by atoms with Crippen molar-refractivity contribution in [2.24, 2.45) is 0 Å². The van der Waals surface area contributed by atoms with Crippen LogP contribution in [0.15, 0.2) is 91.1 Å². The normalized spacial score (nSPS) is 10.5. The highest BCUT2D eigenvalue weighted by molar-refractivity contribution is 5.92. The van der Waals surface area contributed by atoms with Crippen LogP contribution in [-0.2, 0) is 14.4 Å². The molecule has 0 N–H and O–H groups in total. The third-order valence-corrected chi connectivity index (χ3v) is 5.69. The van der Waals surface area contributed by atoms with Crippen molar-refractivity contribution < 1.29 is 42.1 Å². The Balaban J connectivity index is 2.10. The van der Waals surface area contributed by atoms with Gasteiger partial charge >= 0.3 is 17.9 Å². The molecule has 0 aliphatic rings. The van der Waals surface area contributed by atoms with E-state index in [4.69, 9.17) is 18.9 Å². The lowest BCUT2D eigenvalue weighted by atomic mass is 9.94. The highest BCUT2D eigenvalue weighted by Gasteiger charge is 2.21. The SMILES string of the molecule is C=C(C)C(=O)Oc1cc(-c2ccc(-c3ccc(OC(=O)C(=C)C)c(OC(=O)C(=C)C)c3)c(C(F)F)c2)ccc1OC. The Morgan fingerprint density at radius 1 is 0.610 bits per heavy atom. The molecule has 9 heteroatoms. The van der Waals surface area contributed by atoms with E-state index >= 15 is 0 Å². The number of hydrogen-bond donors (Lipinski definition) is 0. The molecule has 3 aromatic rings. The van der Waals surface area contributed by atoms with E-state index in [1.165, 1.54) is 64.3 Å². The molecule has 0 saturated carbocycles. The first-order valence-corrected chi connectivity index (χ1v) is 12.2. The summed E-state index contributed by atoms with van der Waals surface area (Å²) < 4.78 is 49.9. The van der Waals surface area contributed by atoms with E-state index in [2.05, 4.69) is 19.7 Å². The molecule has 0 amide bonds. The molecule has 0 aromatic heterocycles. The van der Waals surface area contributed by atoms with Gasteiger partial charge in [-0.2, -0.15) is 0 Å². The molecule has 0 spiro atoms. The van der Waals surface area contributed by atoms with Gasteiger partial charge in [0.2, 0.25) is 0 Å². The molecule has 212 valence electrons. The van der Waals surface area contributed by atoms with Gasteiger partial charge in [0.25, 0.3) is 6.43 Å². The first-order chi connectivity index (χ1) is 19.3. The smallest absolute Gasteiger partial charge is 0.338 e. The molecule has 0 saturated heterocycles. The van der Waals surface area contributed by atoms with E-state index in [1.807, 2.05) is 0 Å². The topological polar surface area (TPSA) is 88.1 Å². The molecule has 3 rings (SSSR count). The number of benzene rings is 3. The van der Waals surface area contributed by atoms with Crippen LogP contribution in [0, 0.1) is 0 Å². The summed E-state index contributed by atoms with van der Waals surface area (Å²) in [6.45, 7) is 15.0. The van der Waals surface area contributed by atoms with Gasteiger partial charge in [0, 0.05) is 22.3 Å². The van der Waals surface area contributed by atoms with Gasteiger partial charge in [-0.05, 0) is 73.4 Å². The molecule has 0 atom stereocenters. The summed E-state index contributed by atoms with van der Waals surface area (Å²) in [5.74, 6) is -2.08. The Kier molecular flexibility index (Phi) is 9.57. The van der Waals surface area contributed by atoms with Crippen molar-refractivity contribution in [2.45, 2.75) is 27.2 Å². The Bertz CT molecular complexity index is 1570. The maximum absolute atomic E-state index is 14.3. The number of rotatable bonds is 10. The first kappa shape index (κ1) is 30.5. The van der Waals surface area contributed by atoms with Gasteiger partial charge in [-0.1, -0.05) is 44.0 Å². The number of hydrogen-bond acceptors (Lipinski definition) is 7. The fourth-order valence-corrected chi connectivity index (χ4v) is 3.52. The third-order valence-electron chi connectivity index (χ3n) is 5.69. The molecule has 0 bridgehead atoms. The van der Waals surface area contributed by atoms with E-state index in [-0.39, 0.29) is 56.4 Å². The average Bonchev–Trinajstić information content (AvgIpc) is 2.93. The van der Waals surface area contributed by atoms with E-state index in [0.29, 0.717) is 11.1 Å². The van der Waals surface area contributed by atoms with Gasteiger partial charge in [0.15, 0.2) is 23.0 Å². The molecular formula is C32H28F2O7. The summed E-state index contributed by atoms with van der Waals surface area (Å²) >= 11 is 0. The lowest BCUT2D eigenvalue weighted by Gasteiger charge is -2.16. The van der Waals surface area contributed by atoms with Gasteiger partial charge in [-0.3, -0.25) is 0 Å². The second-order valence-electron chi connectivity index (χ2n) is 9.14. The molecule has 0 radical (unpaired) electrons. The van der Waals surface area contributed by atoms with Crippen LogP contribution in [0.25, 0.3) is 22.3 Å². The average molecular weight is 563 g/mol. The number of alkyl halides is 2. The summed E-state index contributed by atoms with van der Waals surface area (Å²) in [6.07, 6.45) is -2.88. The molecule has 0 fully saturated rings.